The van der Waals surface area contributed by atoms with E-state index in [1.165, 1.54) is 0 Å². The molecular weight excluding hydrogens is 438 g/mol. The molecule has 2 heterocycles. The SMILES string of the molecule is CCC(C)N(Cc1ccc2c(c1)OCO2)Cc1ccc(C(O)(c2ccccc2)c2ccccc2)o1. The number of furan rings is 1. The predicted octanol–water partition coefficient (Wildman–Crippen LogP) is 6.09. The van der Waals surface area contributed by atoms with E-state index in [1.54, 1.807) is 0 Å². The molecule has 1 aliphatic rings. The maximum Gasteiger partial charge on any atom is 0.231 e. The van der Waals surface area contributed by atoms with Crippen LogP contribution in [0.25, 0.3) is 0 Å². The summed E-state index contributed by atoms with van der Waals surface area (Å²) >= 11 is 0. The highest BCUT2D eigenvalue weighted by molar-refractivity contribution is 5.45. The molecule has 5 heteroatoms. The highest BCUT2D eigenvalue weighted by Gasteiger charge is 2.37. The van der Waals surface area contributed by atoms with E-state index in [-0.39, 0.29) is 6.79 Å². The van der Waals surface area contributed by atoms with Crippen LogP contribution in [0.5, 0.6) is 11.5 Å². The first kappa shape index (κ1) is 23.2. The fourth-order valence-electron chi connectivity index (χ4n) is 4.57. The summed E-state index contributed by atoms with van der Waals surface area (Å²) in [6.45, 7) is 6.07. The van der Waals surface area contributed by atoms with Crippen molar-refractivity contribution in [2.45, 2.75) is 45.0 Å². The maximum absolute atomic E-state index is 12.0. The molecule has 5 rings (SSSR count). The Hall–Kier alpha value is -3.54. The fraction of sp³-hybridized carbons (Fsp3) is 0.267. The molecule has 0 aliphatic carbocycles. The average Bonchev–Trinajstić information content (AvgIpc) is 3.58. The molecule has 3 aromatic carbocycles. The second kappa shape index (κ2) is 9.98. The van der Waals surface area contributed by atoms with Gasteiger partial charge in [0.05, 0.1) is 6.54 Å². The van der Waals surface area contributed by atoms with Crippen molar-refractivity contribution in [2.75, 3.05) is 6.79 Å². The lowest BCUT2D eigenvalue weighted by Crippen LogP contribution is -2.31. The van der Waals surface area contributed by atoms with Crippen LogP contribution in [0.3, 0.4) is 0 Å². The highest BCUT2D eigenvalue weighted by atomic mass is 16.7. The first-order valence-electron chi connectivity index (χ1n) is 12.1. The minimum Gasteiger partial charge on any atom is -0.461 e. The topological polar surface area (TPSA) is 55.1 Å². The molecule has 1 aliphatic heterocycles. The molecule has 0 saturated carbocycles. The van der Waals surface area contributed by atoms with Gasteiger partial charge >= 0.3 is 0 Å². The number of rotatable bonds is 9. The van der Waals surface area contributed by atoms with Crippen LogP contribution in [0.2, 0.25) is 0 Å². The van der Waals surface area contributed by atoms with Crippen LogP contribution in [0, 0.1) is 0 Å². The summed E-state index contributed by atoms with van der Waals surface area (Å²) in [7, 11) is 0. The van der Waals surface area contributed by atoms with Crippen molar-refractivity contribution in [2.24, 2.45) is 0 Å². The minimum absolute atomic E-state index is 0.273. The lowest BCUT2D eigenvalue weighted by molar-refractivity contribution is 0.0935. The molecule has 180 valence electrons. The Kier molecular flexibility index (Phi) is 6.62. The lowest BCUT2D eigenvalue weighted by atomic mass is 9.84. The monoisotopic (exact) mass is 469 g/mol. The van der Waals surface area contributed by atoms with Gasteiger partial charge in [-0.2, -0.15) is 0 Å². The number of aliphatic hydroxyl groups is 1. The molecule has 0 bridgehead atoms. The van der Waals surface area contributed by atoms with Gasteiger partial charge in [-0.05, 0) is 54.3 Å². The molecule has 0 amide bonds. The zero-order valence-electron chi connectivity index (χ0n) is 20.2. The summed E-state index contributed by atoms with van der Waals surface area (Å²) in [5, 5.41) is 12.0. The number of hydrogen-bond donors (Lipinski definition) is 1. The van der Waals surface area contributed by atoms with Crippen molar-refractivity contribution < 1.29 is 19.0 Å². The van der Waals surface area contributed by atoms with Crippen LogP contribution in [0.4, 0.5) is 0 Å². The Morgan fingerprint density at radius 3 is 2.14 bits per heavy atom. The second-order valence-electron chi connectivity index (χ2n) is 9.06. The molecule has 1 unspecified atom stereocenters. The van der Waals surface area contributed by atoms with Gasteiger partial charge in [0.1, 0.15) is 11.5 Å². The first-order valence-corrected chi connectivity index (χ1v) is 12.1. The smallest absolute Gasteiger partial charge is 0.231 e. The largest absolute Gasteiger partial charge is 0.461 e. The molecule has 0 saturated heterocycles. The van der Waals surface area contributed by atoms with Crippen molar-refractivity contribution >= 4 is 0 Å². The van der Waals surface area contributed by atoms with Gasteiger partial charge in [0.2, 0.25) is 6.79 Å². The molecule has 4 aromatic rings. The fourth-order valence-corrected chi connectivity index (χ4v) is 4.57. The molecule has 1 N–H and O–H groups in total. The van der Waals surface area contributed by atoms with E-state index in [2.05, 4.69) is 30.9 Å². The van der Waals surface area contributed by atoms with Gasteiger partial charge in [0.25, 0.3) is 0 Å². The van der Waals surface area contributed by atoms with Crippen molar-refractivity contribution in [1.82, 2.24) is 4.90 Å². The molecule has 0 fully saturated rings. The Balaban J connectivity index is 1.43. The van der Waals surface area contributed by atoms with Gasteiger partial charge in [-0.15, -0.1) is 0 Å². The van der Waals surface area contributed by atoms with Gasteiger partial charge < -0.3 is 19.0 Å². The van der Waals surface area contributed by atoms with Crippen molar-refractivity contribution in [1.29, 1.82) is 0 Å². The Morgan fingerprint density at radius 1 is 0.829 bits per heavy atom. The highest BCUT2D eigenvalue weighted by Crippen LogP contribution is 2.38. The zero-order chi connectivity index (χ0) is 24.3. The van der Waals surface area contributed by atoms with Gasteiger partial charge in [-0.25, -0.2) is 0 Å². The Labute approximate surface area is 206 Å². The average molecular weight is 470 g/mol. The molecule has 35 heavy (non-hydrogen) atoms. The summed E-state index contributed by atoms with van der Waals surface area (Å²) < 4.78 is 17.4. The molecule has 1 aromatic heterocycles. The Bertz CT molecular complexity index is 1210. The molecular formula is C30H31NO4. The predicted molar refractivity (Wildman–Crippen MR) is 135 cm³/mol. The van der Waals surface area contributed by atoms with E-state index in [9.17, 15) is 5.11 Å². The summed E-state index contributed by atoms with van der Waals surface area (Å²) in [5.41, 5.74) is 1.32. The van der Waals surface area contributed by atoms with Gasteiger partial charge in [0, 0.05) is 12.6 Å². The number of nitrogens with zero attached hydrogens (tertiary/aromatic N) is 1. The number of benzene rings is 3. The quantitative estimate of drug-likeness (QED) is 0.321. The van der Waals surface area contributed by atoms with Crippen LogP contribution in [0.1, 0.15) is 48.5 Å². The number of ether oxygens (including phenoxy) is 2. The van der Waals surface area contributed by atoms with Gasteiger partial charge in [-0.3, -0.25) is 4.90 Å². The van der Waals surface area contributed by atoms with Crippen LogP contribution >= 0.6 is 0 Å². The van der Waals surface area contributed by atoms with E-state index < -0.39 is 5.60 Å². The Morgan fingerprint density at radius 2 is 1.49 bits per heavy atom. The normalized spacial score (nSPS) is 13.8. The van der Waals surface area contributed by atoms with E-state index >= 15 is 0 Å². The summed E-state index contributed by atoms with van der Waals surface area (Å²) in [5.74, 6) is 2.91. The first-order chi connectivity index (χ1) is 17.1. The van der Waals surface area contributed by atoms with E-state index in [0.29, 0.717) is 18.3 Å². The molecule has 0 radical (unpaired) electrons. The summed E-state index contributed by atoms with van der Waals surface area (Å²) in [6.07, 6.45) is 1.01. The third-order valence-corrected chi connectivity index (χ3v) is 6.80. The third kappa shape index (κ3) is 4.70. The lowest BCUT2D eigenvalue weighted by Gasteiger charge is -2.29. The van der Waals surface area contributed by atoms with Crippen LogP contribution in [0.15, 0.2) is 95.4 Å². The second-order valence-corrected chi connectivity index (χ2v) is 9.06. The van der Waals surface area contributed by atoms with Gasteiger partial charge in [0.15, 0.2) is 17.1 Å². The van der Waals surface area contributed by atoms with Crippen molar-refractivity contribution in [3.8, 4) is 11.5 Å². The summed E-state index contributed by atoms with van der Waals surface area (Å²) in [4.78, 5) is 2.38. The number of fused-ring (bicyclic) bond motifs is 1. The molecule has 1 atom stereocenters. The van der Waals surface area contributed by atoms with Crippen LogP contribution in [-0.2, 0) is 18.7 Å². The van der Waals surface area contributed by atoms with Crippen LogP contribution < -0.4 is 9.47 Å². The van der Waals surface area contributed by atoms with Crippen LogP contribution in [-0.4, -0.2) is 22.8 Å². The van der Waals surface area contributed by atoms with E-state index in [0.717, 1.165) is 46.9 Å². The third-order valence-electron chi connectivity index (χ3n) is 6.80. The van der Waals surface area contributed by atoms with Crippen molar-refractivity contribution in [3.05, 3.63) is 119 Å². The zero-order valence-corrected chi connectivity index (χ0v) is 20.2. The minimum atomic E-state index is -1.38. The summed E-state index contributed by atoms with van der Waals surface area (Å²) in [6, 6.07) is 29.7. The maximum atomic E-state index is 12.0. The molecule has 5 nitrogen and oxygen atoms in total. The number of hydrogen-bond acceptors (Lipinski definition) is 5. The van der Waals surface area contributed by atoms with Crippen molar-refractivity contribution in [3.63, 3.8) is 0 Å². The van der Waals surface area contributed by atoms with E-state index in [4.69, 9.17) is 13.9 Å². The molecule has 0 spiro atoms. The standard InChI is InChI=1S/C30H31NO4/c1-3-22(2)31(19-23-14-16-27-28(18-23)34-21-33-27)20-26-15-17-29(35-26)30(32,24-10-6-4-7-11-24)25-12-8-5-9-13-25/h4-18,22,32H,3,19-21H2,1-2H3. The van der Waals surface area contributed by atoms with Gasteiger partial charge in [-0.1, -0.05) is 73.7 Å². The van der Waals surface area contributed by atoms with E-state index in [1.807, 2.05) is 78.9 Å².